The van der Waals surface area contributed by atoms with Crippen LogP contribution >= 0.6 is 0 Å². The van der Waals surface area contributed by atoms with Crippen LogP contribution in [-0.2, 0) is 4.79 Å². The zero-order chi connectivity index (χ0) is 9.02. The molecule has 0 amide bonds. The highest BCUT2D eigenvalue weighted by Gasteiger charge is 2.23. The zero-order valence-corrected chi connectivity index (χ0v) is 7.19. The van der Waals surface area contributed by atoms with Gasteiger partial charge in [0.2, 0.25) is 0 Å². The second-order valence-electron chi connectivity index (χ2n) is 3.09. The third kappa shape index (κ3) is 2.99. The Balaban J connectivity index is 4.00. The van der Waals surface area contributed by atoms with Gasteiger partial charge in [-0.3, -0.25) is 0 Å². The Bertz CT molecular complexity index is 123. The van der Waals surface area contributed by atoms with Crippen molar-refractivity contribution >= 4 is 6.29 Å². The van der Waals surface area contributed by atoms with Crippen molar-refractivity contribution in [2.24, 2.45) is 11.8 Å². The first kappa shape index (κ1) is 10.6. The average molecular weight is 160 g/mol. The van der Waals surface area contributed by atoms with Crippen LogP contribution in [0.3, 0.4) is 0 Å². The molecule has 11 heavy (non-hydrogen) atoms. The van der Waals surface area contributed by atoms with Crippen molar-refractivity contribution in [3.05, 3.63) is 0 Å². The zero-order valence-electron chi connectivity index (χ0n) is 7.19. The maximum Gasteiger partial charge on any atom is 0.123 e. The van der Waals surface area contributed by atoms with E-state index in [1.807, 2.05) is 0 Å². The molecule has 0 saturated carbocycles. The molecule has 0 fully saturated rings. The molecule has 66 valence electrons. The number of aliphatic hydroxyl groups excluding tert-OH is 2. The molecule has 0 unspecified atom stereocenters. The molecule has 4 atom stereocenters. The summed E-state index contributed by atoms with van der Waals surface area (Å²) in [5.74, 6) is -0.396. The van der Waals surface area contributed by atoms with Gasteiger partial charge < -0.3 is 15.0 Å². The topological polar surface area (TPSA) is 57.5 Å². The molecule has 0 saturated heterocycles. The van der Waals surface area contributed by atoms with Gasteiger partial charge in [-0.1, -0.05) is 13.8 Å². The molecular formula is C8H16O3. The van der Waals surface area contributed by atoms with Crippen LogP contribution in [0.1, 0.15) is 20.8 Å². The molecule has 0 bridgehead atoms. The number of rotatable bonds is 4. The van der Waals surface area contributed by atoms with Crippen LogP contribution in [0, 0.1) is 11.8 Å². The predicted molar refractivity (Wildman–Crippen MR) is 42.1 cm³/mol. The van der Waals surface area contributed by atoms with E-state index in [-0.39, 0.29) is 11.8 Å². The second-order valence-corrected chi connectivity index (χ2v) is 3.09. The van der Waals surface area contributed by atoms with E-state index in [1.165, 1.54) is 6.92 Å². The van der Waals surface area contributed by atoms with Gasteiger partial charge in [-0.2, -0.15) is 0 Å². The van der Waals surface area contributed by atoms with E-state index >= 15 is 0 Å². The summed E-state index contributed by atoms with van der Waals surface area (Å²) in [4.78, 5) is 10.3. The van der Waals surface area contributed by atoms with Crippen molar-refractivity contribution in [1.29, 1.82) is 0 Å². The Labute approximate surface area is 67.0 Å². The molecule has 0 aliphatic heterocycles. The molecule has 0 rings (SSSR count). The number of hydrogen-bond donors (Lipinski definition) is 2. The lowest BCUT2D eigenvalue weighted by molar-refractivity contribution is -0.114. The molecule has 0 radical (unpaired) electrons. The third-order valence-electron chi connectivity index (χ3n) is 2.08. The van der Waals surface area contributed by atoms with E-state index < -0.39 is 12.2 Å². The van der Waals surface area contributed by atoms with Gasteiger partial charge in [0.15, 0.2) is 0 Å². The molecule has 3 nitrogen and oxygen atoms in total. The highest BCUT2D eigenvalue weighted by Crippen LogP contribution is 2.15. The van der Waals surface area contributed by atoms with Gasteiger partial charge in [0.1, 0.15) is 6.29 Å². The van der Waals surface area contributed by atoms with E-state index in [1.54, 1.807) is 13.8 Å². The van der Waals surface area contributed by atoms with Crippen LogP contribution in [-0.4, -0.2) is 28.7 Å². The van der Waals surface area contributed by atoms with Gasteiger partial charge in [-0.15, -0.1) is 0 Å². The van der Waals surface area contributed by atoms with Crippen LogP contribution in [0.2, 0.25) is 0 Å². The van der Waals surface area contributed by atoms with E-state index in [0.717, 1.165) is 6.29 Å². The Morgan fingerprint density at radius 3 is 1.91 bits per heavy atom. The average Bonchev–Trinajstić information content (AvgIpc) is 2.00. The summed E-state index contributed by atoms with van der Waals surface area (Å²) in [5, 5.41) is 18.3. The summed E-state index contributed by atoms with van der Waals surface area (Å²) in [6, 6.07) is 0. The normalized spacial score (nSPS) is 21.9. The fraction of sp³-hybridized carbons (Fsp3) is 0.875. The first-order chi connectivity index (χ1) is 5.00. The molecule has 0 aliphatic rings. The lowest BCUT2D eigenvalue weighted by Crippen LogP contribution is -2.33. The van der Waals surface area contributed by atoms with Crippen molar-refractivity contribution in [3.63, 3.8) is 0 Å². The highest BCUT2D eigenvalue weighted by atomic mass is 16.3. The Morgan fingerprint density at radius 2 is 1.64 bits per heavy atom. The molecular weight excluding hydrogens is 144 g/mol. The summed E-state index contributed by atoms with van der Waals surface area (Å²) in [5.41, 5.74) is 0. The van der Waals surface area contributed by atoms with Gasteiger partial charge in [0.25, 0.3) is 0 Å². The van der Waals surface area contributed by atoms with E-state index in [4.69, 9.17) is 5.11 Å². The van der Waals surface area contributed by atoms with Crippen LogP contribution in [0.5, 0.6) is 0 Å². The fourth-order valence-electron chi connectivity index (χ4n) is 0.874. The third-order valence-corrected chi connectivity index (χ3v) is 2.08. The first-order valence-electron chi connectivity index (χ1n) is 3.82. The minimum Gasteiger partial charge on any atom is -0.391 e. The Morgan fingerprint density at radius 1 is 1.18 bits per heavy atom. The van der Waals surface area contributed by atoms with Gasteiger partial charge in [-0.25, -0.2) is 0 Å². The predicted octanol–water partition coefficient (Wildman–Crippen LogP) is 0.199. The van der Waals surface area contributed by atoms with Crippen molar-refractivity contribution in [2.45, 2.75) is 33.0 Å². The van der Waals surface area contributed by atoms with Crippen LogP contribution in [0.15, 0.2) is 0 Å². The fourth-order valence-corrected chi connectivity index (χ4v) is 0.874. The summed E-state index contributed by atoms with van der Waals surface area (Å²) in [6.07, 6.45) is -0.793. The van der Waals surface area contributed by atoms with Gasteiger partial charge >= 0.3 is 0 Å². The van der Waals surface area contributed by atoms with Crippen LogP contribution in [0.25, 0.3) is 0 Å². The molecule has 0 spiro atoms. The van der Waals surface area contributed by atoms with Crippen molar-refractivity contribution < 1.29 is 15.0 Å². The van der Waals surface area contributed by atoms with E-state index in [2.05, 4.69) is 0 Å². The minimum atomic E-state index is -0.810. The molecule has 0 aromatic heterocycles. The number of aldehydes is 1. The lowest BCUT2D eigenvalue weighted by atomic mass is 9.89. The number of aliphatic hydroxyl groups is 2. The molecule has 2 N–H and O–H groups in total. The Kier molecular flexibility index (Phi) is 4.30. The van der Waals surface area contributed by atoms with E-state index in [9.17, 15) is 9.90 Å². The van der Waals surface area contributed by atoms with Crippen molar-refractivity contribution in [2.75, 3.05) is 0 Å². The molecule has 0 aromatic carbocycles. The van der Waals surface area contributed by atoms with Crippen molar-refractivity contribution in [3.8, 4) is 0 Å². The van der Waals surface area contributed by atoms with Gasteiger partial charge in [0, 0.05) is 5.92 Å². The standard InChI is InChI=1S/C8H16O3/c1-5(4-9)6(2)8(11)7(3)10/h4-8,10-11H,1-3H3/t5-,6-,7-,8+/m0/s1. The summed E-state index contributed by atoms with van der Waals surface area (Å²) >= 11 is 0. The molecule has 0 aliphatic carbocycles. The number of hydrogen-bond acceptors (Lipinski definition) is 3. The SMILES string of the molecule is C[C@H]([C@@H](O)[C@H](C)O)[C@@H](C)C=O. The number of carbonyl (C=O) groups excluding carboxylic acids is 1. The number of carbonyl (C=O) groups is 1. The smallest absolute Gasteiger partial charge is 0.123 e. The van der Waals surface area contributed by atoms with Gasteiger partial charge in [0.05, 0.1) is 12.2 Å². The van der Waals surface area contributed by atoms with Crippen LogP contribution < -0.4 is 0 Å². The molecule has 3 heteroatoms. The summed E-state index contributed by atoms with van der Waals surface area (Å²) in [7, 11) is 0. The maximum absolute atomic E-state index is 10.3. The van der Waals surface area contributed by atoms with Crippen molar-refractivity contribution in [1.82, 2.24) is 0 Å². The Hall–Kier alpha value is -0.410. The highest BCUT2D eigenvalue weighted by molar-refractivity contribution is 5.53. The quantitative estimate of drug-likeness (QED) is 0.577. The first-order valence-corrected chi connectivity index (χ1v) is 3.82. The second kappa shape index (κ2) is 4.46. The maximum atomic E-state index is 10.3. The van der Waals surface area contributed by atoms with E-state index in [0.29, 0.717) is 0 Å². The largest absolute Gasteiger partial charge is 0.391 e. The van der Waals surface area contributed by atoms with Gasteiger partial charge in [-0.05, 0) is 12.8 Å². The summed E-state index contributed by atoms with van der Waals surface area (Å²) < 4.78 is 0. The molecule has 0 aromatic rings. The lowest BCUT2D eigenvalue weighted by Gasteiger charge is -2.23. The van der Waals surface area contributed by atoms with Crippen LogP contribution in [0.4, 0.5) is 0 Å². The minimum absolute atomic E-state index is 0.188. The molecule has 0 heterocycles. The monoisotopic (exact) mass is 160 g/mol. The summed E-state index contributed by atoms with van der Waals surface area (Å²) in [6.45, 7) is 4.98.